The Balaban J connectivity index is 2.17. The lowest BCUT2D eigenvalue weighted by Gasteiger charge is -2.11. The smallest absolute Gasteiger partial charge is 0.186 e. The molecule has 82 valence electrons. The molecule has 1 saturated carbocycles. The molecule has 0 radical (unpaired) electrons. The number of benzene rings is 1. The molecule has 2 nitrogen and oxygen atoms in total. The zero-order valence-electron chi connectivity index (χ0n) is 9.11. The number of hydrogen-bond acceptors (Lipinski definition) is 2. The van der Waals surface area contributed by atoms with Gasteiger partial charge in [-0.05, 0) is 30.9 Å². The van der Waals surface area contributed by atoms with Crippen molar-refractivity contribution in [3.8, 4) is 0 Å². The molecule has 0 atom stereocenters. The van der Waals surface area contributed by atoms with Gasteiger partial charge in [-0.25, -0.2) is 0 Å². The summed E-state index contributed by atoms with van der Waals surface area (Å²) in [5, 5.41) is 0. The molecule has 0 spiro atoms. The first kappa shape index (κ1) is 10.8. The second-order valence-corrected chi connectivity index (χ2v) is 4.03. The summed E-state index contributed by atoms with van der Waals surface area (Å²) in [6, 6.07) is 9.07. The summed E-state index contributed by atoms with van der Waals surface area (Å²) in [5.41, 5.74) is 1.34. The van der Waals surface area contributed by atoms with Crippen molar-refractivity contribution >= 4 is 11.6 Å². The number of rotatable bonds is 2. The lowest BCUT2D eigenvalue weighted by Crippen LogP contribution is -2.10. The Bertz CT molecular complexity index is 429. The number of Topliss-reactive ketones (excluding diaryl/α,β-unsaturated/α-hetero) is 1. The predicted molar refractivity (Wildman–Crippen MR) is 62.3 cm³/mol. The predicted octanol–water partition coefficient (Wildman–Crippen LogP) is 2.94. The van der Waals surface area contributed by atoms with Gasteiger partial charge < -0.3 is 0 Å². The molecular weight excluding hydrogens is 200 g/mol. The van der Waals surface area contributed by atoms with Crippen LogP contribution in [0.25, 0.3) is 0 Å². The van der Waals surface area contributed by atoms with E-state index >= 15 is 0 Å². The number of ketones is 2. The quantitative estimate of drug-likeness (QED) is 0.560. The van der Waals surface area contributed by atoms with Gasteiger partial charge >= 0.3 is 0 Å². The van der Waals surface area contributed by atoms with Crippen molar-refractivity contribution in [2.24, 2.45) is 0 Å². The molecule has 16 heavy (non-hydrogen) atoms. The topological polar surface area (TPSA) is 34.1 Å². The summed E-state index contributed by atoms with van der Waals surface area (Å²) in [4.78, 5) is 23.4. The molecule has 1 aliphatic carbocycles. The van der Waals surface area contributed by atoms with Gasteiger partial charge in [0.1, 0.15) is 0 Å². The maximum Gasteiger partial charge on any atom is 0.186 e. The van der Waals surface area contributed by atoms with Crippen molar-refractivity contribution in [3.63, 3.8) is 0 Å². The van der Waals surface area contributed by atoms with E-state index in [2.05, 4.69) is 0 Å². The highest BCUT2D eigenvalue weighted by Crippen LogP contribution is 2.20. The first-order valence-corrected chi connectivity index (χ1v) is 5.60. The summed E-state index contributed by atoms with van der Waals surface area (Å²) in [5.74, 6) is 0.0707. The third-order valence-corrected chi connectivity index (χ3v) is 2.82. The van der Waals surface area contributed by atoms with Gasteiger partial charge in [0.15, 0.2) is 11.6 Å². The highest BCUT2D eigenvalue weighted by atomic mass is 16.1. The summed E-state index contributed by atoms with van der Waals surface area (Å²) < 4.78 is 0. The summed E-state index contributed by atoms with van der Waals surface area (Å²) in [7, 11) is 0. The van der Waals surface area contributed by atoms with Crippen molar-refractivity contribution in [2.45, 2.75) is 25.7 Å². The van der Waals surface area contributed by atoms with Gasteiger partial charge in [0.2, 0.25) is 0 Å². The van der Waals surface area contributed by atoms with Crippen molar-refractivity contribution in [2.75, 3.05) is 0 Å². The Hall–Kier alpha value is -1.70. The summed E-state index contributed by atoms with van der Waals surface area (Å²) in [6.45, 7) is 0. The van der Waals surface area contributed by atoms with E-state index in [0.717, 1.165) is 19.3 Å². The second-order valence-electron chi connectivity index (χ2n) is 4.03. The molecule has 1 aliphatic rings. The van der Waals surface area contributed by atoms with Crippen LogP contribution in [0.15, 0.2) is 42.0 Å². The van der Waals surface area contributed by atoms with Gasteiger partial charge in [-0.15, -0.1) is 0 Å². The average Bonchev–Trinajstić information content (AvgIpc) is 2.33. The molecule has 0 saturated heterocycles. The number of hydrogen-bond donors (Lipinski definition) is 0. The van der Waals surface area contributed by atoms with E-state index in [9.17, 15) is 9.59 Å². The van der Waals surface area contributed by atoms with E-state index in [1.165, 1.54) is 6.08 Å². The van der Waals surface area contributed by atoms with Crippen LogP contribution in [0.5, 0.6) is 0 Å². The molecule has 0 aliphatic heterocycles. The van der Waals surface area contributed by atoms with Crippen LogP contribution in [0.1, 0.15) is 36.0 Å². The molecule has 2 heteroatoms. The Kier molecular flexibility index (Phi) is 3.30. The Morgan fingerprint density at radius 2 is 1.75 bits per heavy atom. The van der Waals surface area contributed by atoms with Gasteiger partial charge in [-0.3, -0.25) is 9.59 Å². The standard InChI is InChI=1S/C14H14O2/c15-13-9-5-4-8-12(13)10-14(16)11-6-2-1-3-7-11/h1-3,6-7,10H,4-5,8-9H2. The molecule has 0 unspecified atom stereocenters. The van der Waals surface area contributed by atoms with Crippen molar-refractivity contribution < 1.29 is 9.59 Å². The Labute approximate surface area is 95.0 Å². The molecule has 0 N–H and O–H groups in total. The van der Waals surface area contributed by atoms with Gasteiger partial charge in [0.05, 0.1) is 0 Å². The van der Waals surface area contributed by atoms with Crippen LogP contribution in [-0.4, -0.2) is 11.6 Å². The molecule has 0 heterocycles. The van der Waals surface area contributed by atoms with Crippen LogP contribution in [0.2, 0.25) is 0 Å². The van der Waals surface area contributed by atoms with Crippen molar-refractivity contribution in [1.82, 2.24) is 0 Å². The zero-order chi connectivity index (χ0) is 11.4. The lowest BCUT2D eigenvalue weighted by molar-refractivity contribution is -0.116. The van der Waals surface area contributed by atoms with E-state index in [1.807, 2.05) is 18.2 Å². The lowest BCUT2D eigenvalue weighted by atomic mass is 9.92. The average molecular weight is 214 g/mol. The largest absolute Gasteiger partial charge is 0.295 e. The van der Waals surface area contributed by atoms with Crippen molar-refractivity contribution in [3.05, 3.63) is 47.5 Å². The molecule has 0 amide bonds. The molecule has 0 aromatic heterocycles. The Morgan fingerprint density at radius 1 is 1.06 bits per heavy atom. The van der Waals surface area contributed by atoms with E-state index in [-0.39, 0.29) is 11.6 Å². The molecule has 1 aromatic rings. The van der Waals surface area contributed by atoms with Crippen LogP contribution in [0, 0.1) is 0 Å². The highest BCUT2D eigenvalue weighted by Gasteiger charge is 2.16. The minimum absolute atomic E-state index is 0.0640. The van der Waals surface area contributed by atoms with Crippen LogP contribution < -0.4 is 0 Å². The molecule has 2 rings (SSSR count). The minimum atomic E-state index is -0.0640. The molecule has 0 bridgehead atoms. The monoisotopic (exact) mass is 214 g/mol. The van der Waals surface area contributed by atoms with Gasteiger partial charge in [0.25, 0.3) is 0 Å². The number of carbonyl (C=O) groups is 2. The second kappa shape index (κ2) is 4.88. The maximum atomic E-state index is 11.8. The fourth-order valence-electron chi connectivity index (χ4n) is 1.90. The van der Waals surface area contributed by atoms with Crippen LogP contribution in [-0.2, 0) is 4.79 Å². The first-order chi connectivity index (χ1) is 7.77. The fourth-order valence-corrected chi connectivity index (χ4v) is 1.90. The summed E-state index contributed by atoms with van der Waals surface area (Å²) >= 11 is 0. The SMILES string of the molecule is O=C1CCCCC1=CC(=O)c1ccccc1. The normalized spacial score (nSPS) is 18.8. The number of carbonyl (C=O) groups excluding carboxylic acids is 2. The highest BCUT2D eigenvalue weighted by molar-refractivity contribution is 6.10. The van der Waals surface area contributed by atoms with Gasteiger partial charge in [-0.1, -0.05) is 30.3 Å². The first-order valence-electron chi connectivity index (χ1n) is 5.60. The number of allylic oxidation sites excluding steroid dienone is 2. The van der Waals surface area contributed by atoms with Crippen LogP contribution >= 0.6 is 0 Å². The van der Waals surface area contributed by atoms with E-state index in [4.69, 9.17) is 0 Å². The Morgan fingerprint density at radius 3 is 2.44 bits per heavy atom. The molecule has 1 fully saturated rings. The van der Waals surface area contributed by atoms with Gasteiger partial charge in [0, 0.05) is 12.0 Å². The zero-order valence-corrected chi connectivity index (χ0v) is 9.11. The minimum Gasteiger partial charge on any atom is -0.295 e. The van der Waals surface area contributed by atoms with E-state index < -0.39 is 0 Å². The third-order valence-electron chi connectivity index (χ3n) is 2.82. The van der Waals surface area contributed by atoms with Crippen LogP contribution in [0.3, 0.4) is 0 Å². The van der Waals surface area contributed by atoms with E-state index in [1.54, 1.807) is 12.1 Å². The molecule has 1 aromatic carbocycles. The fraction of sp³-hybridized carbons (Fsp3) is 0.286. The van der Waals surface area contributed by atoms with Crippen molar-refractivity contribution in [1.29, 1.82) is 0 Å². The van der Waals surface area contributed by atoms with E-state index in [0.29, 0.717) is 17.6 Å². The van der Waals surface area contributed by atoms with Crippen LogP contribution in [0.4, 0.5) is 0 Å². The van der Waals surface area contributed by atoms with Gasteiger partial charge in [-0.2, -0.15) is 0 Å². The maximum absolute atomic E-state index is 11.8. The molecular formula is C14H14O2. The summed E-state index contributed by atoms with van der Waals surface area (Å²) in [6.07, 6.45) is 4.82. The third kappa shape index (κ3) is 2.45.